The molecule has 2 amide bonds. The van der Waals surface area contributed by atoms with Crippen LogP contribution in [-0.4, -0.2) is 30.2 Å². The quantitative estimate of drug-likeness (QED) is 0.783. The summed E-state index contributed by atoms with van der Waals surface area (Å²) < 4.78 is 0. The molecule has 2 rings (SSSR count). The summed E-state index contributed by atoms with van der Waals surface area (Å²) in [5, 5.41) is 5.37. The van der Waals surface area contributed by atoms with Crippen molar-refractivity contribution in [1.82, 2.24) is 10.6 Å². The summed E-state index contributed by atoms with van der Waals surface area (Å²) >= 11 is 5.91. The van der Waals surface area contributed by atoms with Crippen molar-refractivity contribution in [2.24, 2.45) is 5.92 Å². The monoisotopic (exact) mass is 308 g/mol. The molecule has 1 aliphatic carbocycles. The number of amides is 2. The van der Waals surface area contributed by atoms with Crippen molar-refractivity contribution in [3.8, 4) is 0 Å². The topological polar surface area (TPSA) is 75.3 Å². The fraction of sp³-hybridized carbons (Fsp3) is 0.400. The molecule has 1 atom stereocenters. The van der Waals surface area contributed by atoms with Crippen molar-refractivity contribution < 1.29 is 14.4 Å². The minimum Gasteiger partial charge on any atom is -0.349 e. The second-order valence-electron chi connectivity index (χ2n) is 5.19. The molecule has 1 fully saturated rings. The molecule has 0 saturated heterocycles. The zero-order valence-corrected chi connectivity index (χ0v) is 12.4. The van der Waals surface area contributed by atoms with Crippen molar-refractivity contribution >= 4 is 29.2 Å². The van der Waals surface area contributed by atoms with E-state index in [-0.39, 0.29) is 5.56 Å². The summed E-state index contributed by atoms with van der Waals surface area (Å²) in [5.41, 5.74) is 0.275. The number of halogens is 1. The third-order valence-corrected chi connectivity index (χ3v) is 3.66. The summed E-state index contributed by atoms with van der Waals surface area (Å²) in [6, 6.07) is 5.63. The van der Waals surface area contributed by atoms with Gasteiger partial charge in [-0.05, 0) is 37.8 Å². The Bertz CT molecular complexity index is 570. The molecule has 0 aromatic heterocycles. The van der Waals surface area contributed by atoms with Gasteiger partial charge in [-0.2, -0.15) is 0 Å². The average molecular weight is 309 g/mol. The molecule has 0 spiro atoms. The molecule has 0 radical (unpaired) electrons. The first-order chi connectivity index (χ1) is 9.99. The van der Waals surface area contributed by atoms with E-state index in [1.807, 2.05) is 0 Å². The van der Waals surface area contributed by atoms with Crippen LogP contribution in [0.1, 0.15) is 30.1 Å². The number of hydrogen-bond acceptors (Lipinski definition) is 3. The van der Waals surface area contributed by atoms with Crippen LogP contribution in [0.2, 0.25) is 5.02 Å². The van der Waals surface area contributed by atoms with E-state index in [0.717, 1.165) is 12.8 Å². The van der Waals surface area contributed by atoms with Crippen molar-refractivity contribution in [3.05, 3.63) is 34.9 Å². The molecule has 1 saturated carbocycles. The summed E-state index contributed by atoms with van der Waals surface area (Å²) in [6.07, 6.45) is 2.18. The molecule has 0 aliphatic heterocycles. The Labute approximate surface area is 128 Å². The summed E-state index contributed by atoms with van der Waals surface area (Å²) in [6.45, 7) is 2.00. The lowest BCUT2D eigenvalue weighted by molar-refractivity contribution is -0.138. The van der Waals surface area contributed by atoms with Gasteiger partial charge in [0.1, 0.15) is 0 Å². The maximum Gasteiger partial charge on any atom is 0.289 e. The van der Waals surface area contributed by atoms with E-state index in [9.17, 15) is 14.4 Å². The van der Waals surface area contributed by atoms with Gasteiger partial charge < -0.3 is 10.6 Å². The number of carbonyl (C=O) groups is 3. The molecule has 6 heteroatoms. The number of carbonyl (C=O) groups excluding carboxylic acids is 3. The third kappa shape index (κ3) is 4.29. The van der Waals surface area contributed by atoms with E-state index in [4.69, 9.17) is 11.6 Å². The van der Waals surface area contributed by atoms with Gasteiger partial charge in [0.15, 0.2) is 0 Å². The second-order valence-corrected chi connectivity index (χ2v) is 5.60. The van der Waals surface area contributed by atoms with Crippen LogP contribution in [0.4, 0.5) is 0 Å². The van der Waals surface area contributed by atoms with Crippen LogP contribution < -0.4 is 10.6 Å². The van der Waals surface area contributed by atoms with Crippen LogP contribution >= 0.6 is 11.6 Å². The van der Waals surface area contributed by atoms with Crippen molar-refractivity contribution in [2.75, 3.05) is 6.54 Å². The van der Waals surface area contributed by atoms with Gasteiger partial charge in [-0.1, -0.05) is 23.7 Å². The Balaban J connectivity index is 1.88. The largest absolute Gasteiger partial charge is 0.349 e. The number of nitrogens with one attached hydrogen (secondary N) is 2. The first-order valence-corrected chi connectivity index (χ1v) is 7.24. The fourth-order valence-electron chi connectivity index (χ4n) is 1.83. The van der Waals surface area contributed by atoms with Gasteiger partial charge in [0, 0.05) is 6.54 Å². The van der Waals surface area contributed by atoms with E-state index in [2.05, 4.69) is 10.6 Å². The van der Waals surface area contributed by atoms with Crippen LogP contribution in [0.5, 0.6) is 0 Å². The predicted octanol–water partition coefficient (Wildman–Crippen LogP) is 1.55. The summed E-state index contributed by atoms with van der Waals surface area (Å²) in [7, 11) is 0. The van der Waals surface area contributed by atoms with Crippen molar-refractivity contribution in [1.29, 1.82) is 0 Å². The van der Waals surface area contributed by atoms with E-state index >= 15 is 0 Å². The summed E-state index contributed by atoms with van der Waals surface area (Å²) in [5.74, 6) is -1.30. The Morgan fingerprint density at radius 1 is 1.29 bits per heavy atom. The number of rotatable bonds is 6. The molecule has 5 nitrogen and oxygen atoms in total. The van der Waals surface area contributed by atoms with Gasteiger partial charge in [-0.25, -0.2) is 0 Å². The van der Waals surface area contributed by atoms with Crippen LogP contribution in [0.15, 0.2) is 24.3 Å². The fourth-order valence-corrected chi connectivity index (χ4v) is 2.05. The maximum atomic E-state index is 12.0. The van der Waals surface area contributed by atoms with Crippen molar-refractivity contribution in [3.63, 3.8) is 0 Å². The molecule has 1 aliphatic rings. The highest BCUT2D eigenvalue weighted by Crippen LogP contribution is 2.27. The van der Waals surface area contributed by atoms with E-state index in [0.29, 0.717) is 17.5 Å². The summed E-state index contributed by atoms with van der Waals surface area (Å²) in [4.78, 5) is 35.5. The van der Waals surface area contributed by atoms with Gasteiger partial charge in [-0.3, -0.25) is 14.4 Å². The minimum absolute atomic E-state index is 0.275. The predicted molar refractivity (Wildman–Crippen MR) is 79.1 cm³/mol. The Hall–Kier alpha value is -1.88. The minimum atomic E-state index is -0.895. The molecule has 2 N–H and O–H groups in total. The molecular weight excluding hydrogens is 292 g/mol. The second kappa shape index (κ2) is 6.72. The number of hydrogen-bond donors (Lipinski definition) is 2. The third-order valence-electron chi connectivity index (χ3n) is 3.33. The highest BCUT2D eigenvalue weighted by Gasteiger charge is 2.26. The first kappa shape index (κ1) is 15.5. The lowest BCUT2D eigenvalue weighted by Crippen LogP contribution is -2.46. The molecule has 1 unspecified atom stereocenters. The lowest BCUT2D eigenvalue weighted by atomic mass is 10.1. The standard InChI is InChI=1S/C15H17ClN2O3/c1-9(13(19)15(21)17-8-10-6-7-10)18-14(20)11-4-2-3-5-12(11)16/h2-5,9-10H,6-8H2,1H3,(H,17,21)(H,18,20). The number of Topliss-reactive ketones (excluding diaryl/α,β-unsaturated/α-hetero) is 1. The zero-order valence-electron chi connectivity index (χ0n) is 11.7. The van der Waals surface area contributed by atoms with Gasteiger partial charge in [-0.15, -0.1) is 0 Å². The number of benzene rings is 1. The van der Waals surface area contributed by atoms with E-state index < -0.39 is 23.6 Å². The Morgan fingerprint density at radius 3 is 2.57 bits per heavy atom. The molecule has 112 valence electrons. The van der Waals surface area contributed by atoms with E-state index in [1.54, 1.807) is 24.3 Å². The van der Waals surface area contributed by atoms with Crippen LogP contribution in [0.25, 0.3) is 0 Å². The number of ketones is 1. The van der Waals surface area contributed by atoms with Gasteiger partial charge >= 0.3 is 0 Å². The molecule has 1 aromatic rings. The van der Waals surface area contributed by atoms with Gasteiger partial charge in [0.25, 0.3) is 11.8 Å². The first-order valence-electron chi connectivity index (χ1n) is 6.86. The normalized spacial score (nSPS) is 15.1. The molecule has 1 aromatic carbocycles. The average Bonchev–Trinajstić information content (AvgIpc) is 3.28. The van der Waals surface area contributed by atoms with Crippen molar-refractivity contribution in [2.45, 2.75) is 25.8 Å². The van der Waals surface area contributed by atoms with Crippen LogP contribution in [0.3, 0.4) is 0 Å². The highest BCUT2D eigenvalue weighted by molar-refractivity contribution is 6.38. The molecule has 21 heavy (non-hydrogen) atoms. The lowest BCUT2D eigenvalue weighted by Gasteiger charge is -2.13. The molecular formula is C15H17ClN2O3. The van der Waals surface area contributed by atoms with E-state index in [1.165, 1.54) is 6.92 Å². The smallest absolute Gasteiger partial charge is 0.289 e. The maximum absolute atomic E-state index is 12.0. The SMILES string of the molecule is CC(NC(=O)c1ccccc1Cl)C(=O)C(=O)NCC1CC1. The van der Waals surface area contributed by atoms with Crippen LogP contribution in [-0.2, 0) is 9.59 Å². The van der Waals surface area contributed by atoms with Crippen LogP contribution in [0, 0.1) is 5.92 Å². The van der Waals surface area contributed by atoms with Gasteiger partial charge in [0.2, 0.25) is 5.78 Å². The molecule has 0 heterocycles. The highest BCUT2D eigenvalue weighted by atomic mass is 35.5. The Kier molecular flexibility index (Phi) is 4.96. The van der Waals surface area contributed by atoms with Gasteiger partial charge in [0.05, 0.1) is 16.6 Å². The molecule has 0 bridgehead atoms. The Morgan fingerprint density at radius 2 is 1.95 bits per heavy atom. The zero-order chi connectivity index (χ0) is 15.4.